The van der Waals surface area contributed by atoms with Crippen LogP contribution in [-0.4, -0.2) is 30.7 Å². The van der Waals surface area contributed by atoms with Gasteiger partial charge in [-0.15, -0.1) is 13.2 Å². The summed E-state index contributed by atoms with van der Waals surface area (Å²) in [6.45, 7) is 2.29. The molecular formula is C14H21F3N2O2. The fraction of sp³-hybridized carbons (Fsp3) is 0.571. The summed E-state index contributed by atoms with van der Waals surface area (Å²) in [7, 11) is 0. The number of hydrogen-bond acceptors (Lipinski definition) is 4. The van der Waals surface area contributed by atoms with E-state index in [4.69, 9.17) is 10.8 Å². The van der Waals surface area contributed by atoms with Crippen LogP contribution in [0.15, 0.2) is 24.3 Å². The van der Waals surface area contributed by atoms with Crippen LogP contribution in [0.3, 0.4) is 0 Å². The highest BCUT2D eigenvalue weighted by atomic mass is 19.4. The summed E-state index contributed by atoms with van der Waals surface area (Å²) in [6, 6.07) is 5.61. The molecule has 7 heteroatoms. The van der Waals surface area contributed by atoms with Gasteiger partial charge in [0.2, 0.25) is 0 Å². The van der Waals surface area contributed by atoms with Gasteiger partial charge in [0.1, 0.15) is 5.75 Å². The van der Waals surface area contributed by atoms with Crippen molar-refractivity contribution in [3.63, 3.8) is 0 Å². The smallest absolute Gasteiger partial charge is 0.406 e. The molecule has 0 aliphatic rings. The minimum absolute atomic E-state index is 0.0953. The van der Waals surface area contributed by atoms with Crippen LogP contribution in [-0.2, 0) is 0 Å². The first-order valence-corrected chi connectivity index (χ1v) is 6.78. The molecule has 0 aromatic heterocycles. The van der Waals surface area contributed by atoms with Gasteiger partial charge in [-0.25, -0.2) is 0 Å². The Bertz CT molecular complexity index is 427. The van der Waals surface area contributed by atoms with Crippen molar-refractivity contribution in [2.24, 2.45) is 5.73 Å². The molecule has 0 radical (unpaired) electrons. The Kier molecular flexibility index (Phi) is 6.94. The van der Waals surface area contributed by atoms with Gasteiger partial charge in [-0.2, -0.15) is 0 Å². The highest BCUT2D eigenvalue weighted by Crippen LogP contribution is 2.25. The van der Waals surface area contributed by atoms with Crippen molar-refractivity contribution in [1.82, 2.24) is 5.32 Å². The maximum atomic E-state index is 12.2. The molecule has 2 unspecified atom stereocenters. The Balaban J connectivity index is 2.74. The highest BCUT2D eigenvalue weighted by molar-refractivity contribution is 5.31. The fourth-order valence-corrected chi connectivity index (χ4v) is 2.05. The molecule has 1 aromatic rings. The second kappa shape index (κ2) is 8.21. The van der Waals surface area contributed by atoms with Gasteiger partial charge in [0.25, 0.3) is 0 Å². The zero-order valence-electron chi connectivity index (χ0n) is 11.9. The molecule has 120 valence electrons. The summed E-state index contributed by atoms with van der Waals surface area (Å²) in [5.74, 6) is -0.261. The van der Waals surface area contributed by atoms with Crippen molar-refractivity contribution in [2.75, 3.05) is 13.2 Å². The van der Waals surface area contributed by atoms with Gasteiger partial charge in [-0.1, -0.05) is 12.1 Å². The first-order chi connectivity index (χ1) is 9.85. The van der Waals surface area contributed by atoms with E-state index in [2.05, 4.69) is 10.1 Å². The second-order valence-electron chi connectivity index (χ2n) is 4.84. The van der Waals surface area contributed by atoms with E-state index in [9.17, 15) is 13.2 Å². The number of aliphatic hydroxyl groups is 1. The second-order valence-corrected chi connectivity index (χ2v) is 4.84. The Labute approximate surface area is 122 Å². The van der Waals surface area contributed by atoms with E-state index in [0.717, 1.165) is 6.42 Å². The lowest BCUT2D eigenvalue weighted by atomic mass is 10.0. The third kappa shape index (κ3) is 6.79. The number of ether oxygens (including phenoxy) is 1. The largest absolute Gasteiger partial charge is 0.573 e. The number of hydrogen-bond donors (Lipinski definition) is 3. The molecular weight excluding hydrogens is 285 g/mol. The van der Waals surface area contributed by atoms with Gasteiger partial charge in [0.05, 0.1) is 0 Å². The maximum Gasteiger partial charge on any atom is 0.573 e. The van der Waals surface area contributed by atoms with E-state index < -0.39 is 6.36 Å². The Hall–Kier alpha value is -1.31. The lowest BCUT2D eigenvalue weighted by Crippen LogP contribution is -2.35. The normalized spacial score (nSPS) is 14.8. The summed E-state index contributed by atoms with van der Waals surface area (Å²) in [6.07, 6.45) is -3.30. The third-order valence-electron chi connectivity index (χ3n) is 3.01. The average molecular weight is 306 g/mol. The van der Waals surface area contributed by atoms with Crippen molar-refractivity contribution in [1.29, 1.82) is 0 Å². The Morgan fingerprint density at radius 3 is 2.67 bits per heavy atom. The van der Waals surface area contributed by atoms with Gasteiger partial charge in [0.15, 0.2) is 0 Å². The van der Waals surface area contributed by atoms with Gasteiger partial charge >= 0.3 is 6.36 Å². The summed E-state index contributed by atoms with van der Waals surface area (Å²) >= 11 is 0. The predicted molar refractivity (Wildman–Crippen MR) is 73.8 cm³/mol. The number of halogens is 3. The van der Waals surface area contributed by atoms with Crippen LogP contribution in [0.4, 0.5) is 13.2 Å². The molecule has 0 bridgehead atoms. The molecule has 1 rings (SSSR count). The lowest BCUT2D eigenvalue weighted by Gasteiger charge is -2.23. The number of nitrogens with one attached hydrogen (secondary N) is 1. The first kappa shape index (κ1) is 17.7. The van der Waals surface area contributed by atoms with E-state index in [1.165, 1.54) is 18.2 Å². The molecule has 0 saturated heterocycles. The summed E-state index contributed by atoms with van der Waals surface area (Å²) in [4.78, 5) is 0. The highest BCUT2D eigenvalue weighted by Gasteiger charge is 2.31. The monoisotopic (exact) mass is 306 g/mol. The van der Waals surface area contributed by atoms with E-state index >= 15 is 0 Å². The third-order valence-corrected chi connectivity index (χ3v) is 3.01. The zero-order valence-corrected chi connectivity index (χ0v) is 11.9. The van der Waals surface area contributed by atoms with E-state index in [0.29, 0.717) is 12.0 Å². The molecule has 0 fully saturated rings. The minimum Gasteiger partial charge on any atom is -0.406 e. The van der Waals surface area contributed by atoms with E-state index in [1.807, 2.05) is 6.92 Å². The van der Waals surface area contributed by atoms with Crippen molar-refractivity contribution in [3.05, 3.63) is 29.8 Å². The number of nitrogens with two attached hydrogens (primary N) is 1. The number of aliphatic hydroxyl groups excluding tert-OH is 1. The molecule has 21 heavy (non-hydrogen) atoms. The topological polar surface area (TPSA) is 67.5 Å². The lowest BCUT2D eigenvalue weighted by molar-refractivity contribution is -0.274. The van der Waals surface area contributed by atoms with Crippen molar-refractivity contribution in [2.45, 2.75) is 38.2 Å². The Morgan fingerprint density at radius 2 is 2.10 bits per heavy atom. The van der Waals surface area contributed by atoms with Crippen LogP contribution in [0, 0.1) is 0 Å². The standard InChI is InChI=1S/C14H21F3N2O2/c1-10(4-3-7-20)19-13(9-18)11-5-2-6-12(8-11)21-14(15,16)17/h2,5-6,8,10,13,19-20H,3-4,7,9,18H2,1H3. The van der Waals surface area contributed by atoms with Crippen LogP contribution < -0.4 is 15.8 Å². The van der Waals surface area contributed by atoms with Gasteiger partial charge in [0, 0.05) is 25.2 Å². The predicted octanol–water partition coefficient (Wildman–Crippen LogP) is 2.34. The quantitative estimate of drug-likeness (QED) is 0.689. The van der Waals surface area contributed by atoms with Gasteiger partial charge in [-0.05, 0) is 37.5 Å². The molecule has 4 nitrogen and oxygen atoms in total. The molecule has 2 atom stereocenters. The van der Waals surface area contributed by atoms with Crippen LogP contribution in [0.5, 0.6) is 5.75 Å². The van der Waals surface area contributed by atoms with Crippen molar-refractivity contribution < 1.29 is 23.0 Å². The molecule has 0 spiro atoms. The van der Waals surface area contributed by atoms with Crippen LogP contribution in [0.25, 0.3) is 0 Å². The number of alkyl halides is 3. The molecule has 0 heterocycles. The maximum absolute atomic E-state index is 12.2. The SMILES string of the molecule is CC(CCCO)NC(CN)c1cccc(OC(F)(F)F)c1. The average Bonchev–Trinajstić information content (AvgIpc) is 2.41. The van der Waals surface area contributed by atoms with Crippen LogP contribution >= 0.6 is 0 Å². The molecule has 0 amide bonds. The molecule has 4 N–H and O–H groups in total. The Morgan fingerprint density at radius 1 is 1.38 bits per heavy atom. The first-order valence-electron chi connectivity index (χ1n) is 6.78. The van der Waals surface area contributed by atoms with Crippen molar-refractivity contribution in [3.8, 4) is 5.75 Å². The molecule has 0 saturated carbocycles. The van der Waals surface area contributed by atoms with Crippen LogP contribution in [0.2, 0.25) is 0 Å². The van der Waals surface area contributed by atoms with Crippen LogP contribution in [0.1, 0.15) is 31.4 Å². The fourth-order valence-electron chi connectivity index (χ4n) is 2.05. The summed E-state index contributed by atoms with van der Waals surface area (Å²) in [5.41, 5.74) is 6.32. The summed E-state index contributed by atoms with van der Waals surface area (Å²) in [5, 5.41) is 12.0. The minimum atomic E-state index is -4.71. The molecule has 0 aliphatic heterocycles. The summed E-state index contributed by atoms with van der Waals surface area (Å²) < 4.78 is 40.6. The number of benzene rings is 1. The number of rotatable bonds is 8. The molecule has 1 aromatic carbocycles. The van der Waals surface area contributed by atoms with E-state index in [1.54, 1.807) is 6.07 Å². The molecule has 0 aliphatic carbocycles. The van der Waals surface area contributed by atoms with Gasteiger partial charge in [-0.3, -0.25) is 0 Å². The zero-order chi connectivity index (χ0) is 15.9. The van der Waals surface area contributed by atoms with Crippen molar-refractivity contribution >= 4 is 0 Å². The van der Waals surface area contributed by atoms with Gasteiger partial charge < -0.3 is 20.9 Å². The van der Waals surface area contributed by atoms with E-state index in [-0.39, 0.29) is 31.0 Å².